The van der Waals surface area contributed by atoms with Gasteiger partial charge in [0.2, 0.25) is 0 Å². The van der Waals surface area contributed by atoms with Crippen molar-refractivity contribution in [1.29, 1.82) is 0 Å². The number of hydrogen-bond donors (Lipinski definition) is 0. The molecule has 0 spiro atoms. The molecule has 0 aliphatic heterocycles. The molecular weight excluding hydrogens is 195 g/mol. The third-order valence-electron chi connectivity index (χ3n) is 1.32. The third kappa shape index (κ3) is 6.18. The Balaban J connectivity index is 0. The molecule has 0 aromatic heterocycles. The minimum atomic E-state index is -0.975. The van der Waals surface area contributed by atoms with Crippen LogP contribution < -0.4 is 5.11 Å². The summed E-state index contributed by atoms with van der Waals surface area (Å²) >= 11 is 0. The zero-order valence-electron chi connectivity index (χ0n) is 8.99. The van der Waals surface area contributed by atoms with Gasteiger partial charge in [0.25, 0.3) is 0 Å². The molecule has 0 aromatic rings. The summed E-state index contributed by atoms with van der Waals surface area (Å²) in [4.78, 5) is 21.7. The van der Waals surface area contributed by atoms with Crippen LogP contribution in [0.15, 0.2) is 11.8 Å². The van der Waals surface area contributed by atoms with Crippen LogP contribution in [0, 0.1) is 5.92 Å². The Labute approximate surface area is 106 Å². The quantitative estimate of drug-likeness (QED) is 0.274. The Morgan fingerprint density at radius 2 is 1.93 bits per heavy atom. The zero-order valence-corrected chi connectivity index (χ0v) is 11.0. The van der Waals surface area contributed by atoms with Crippen molar-refractivity contribution in [3.63, 3.8) is 0 Å². The van der Waals surface area contributed by atoms with Gasteiger partial charge >= 0.3 is 5.97 Å². The van der Waals surface area contributed by atoms with E-state index >= 15 is 0 Å². The van der Waals surface area contributed by atoms with E-state index in [1.807, 2.05) is 0 Å². The predicted molar refractivity (Wildman–Crippen MR) is 50.3 cm³/mol. The Bertz CT molecular complexity index is 233. The van der Waals surface area contributed by atoms with Crippen LogP contribution in [0.1, 0.15) is 20.8 Å². The van der Waals surface area contributed by atoms with Crippen LogP contribution in [-0.4, -0.2) is 47.9 Å². The Morgan fingerprint density at radius 1 is 1.43 bits per heavy atom. The van der Waals surface area contributed by atoms with E-state index in [1.165, 1.54) is 0 Å². The molecule has 0 fully saturated rings. The average molecular weight is 208 g/mol. The SMILES string of the molecule is CCOC(=O)/C([O-])=C/C(=O)C(C)C.[Na]. The van der Waals surface area contributed by atoms with E-state index in [0.717, 1.165) is 6.08 Å². The van der Waals surface area contributed by atoms with Gasteiger partial charge in [-0.2, -0.15) is 0 Å². The maximum Gasteiger partial charge on any atom is 0.322 e. The molecule has 14 heavy (non-hydrogen) atoms. The zero-order chi connectivity index (χ0) is 10.4. The van der Waals surface area contributed by atoms with Gasteiger partial charge in [-0.15, -0.1) is 0 Å². The van der Waals surface area contributed by atoms with Crippen LogP contribution in [0.4, 0.5) is 0 Å². The van der Waals surface area contributed by atoms with Gasteiger partial charge in [-0.1, -0.05) is 13.8 Å². The summed E-state index contributed by atoms with van der Waals surface area (Å²) in [6.45, 7) is 5.03. The second-order valence-corrected chi connectivity index (χ2v) is 2.79. The molecule has 0 heterocycles. The van der Waals surface area contributed by atoms with Crippen molar-refractivity contribution in [3.8, 4) is 0 Å². The van der Waals surface area contributed by atoms with E-state index in [0.29, 0.717) is 0 Å². The molecule has 0 aromatic carbocycles. The van der Waals surface area contributed by atoms with Crippen molar-refractivity contribution < 1.29 is 19.4 Å². The topological polar surface area (TPSA) is 66.4 Å². The second kappa shape index (κ2) is 8.03. The molecule has 0 aliphatic rings. The van der Waals surface area contributed by atoms with E-state index in [9.17, 15) is 14.7 Å². The van der Waals surface area contributed by atoms with Gasteiger partial charge in [0, 0.05) is 35.5 Å². The predicted octanol–water partition coefficient (Wildman–Crippen LogP) is -0.362. The normalized spacial score (nSPS) is 10.7. The van der Waals surface area contributed by atoms with E-state index < -0.39 is 11.7 Å². The van der Waals surface area contributed by atoms with Crippen LogP contribution in [0.3, 0.4) is 0 Å². The fourth-order valence-electron chi connectivity index (χ4n) is 0.557. The fraction of sp³-hybridized carbons (Fsp3) is 0.556. The van der Waals surface area contributed by atoms with Gasteiger partial charge in [-0.05, 0) is 18.8 Å². The van der Waals surface area contributed by atoms with Crippen LogP contribution in [0.2, 0.25) is 0 Å². The van der Waals surface area contributed by atoms with Crippen molar-refractivity contribution >= 4 is 41.3 Å². The van der Waals surface area contributed by atoms with Crippen molar-refractivity contribution in [2.24, 2.45) is 5.92 Å². The molecule has 0 aliphatic carbocycles. The Kier molecular flexibility index (Phi) is 9.24. The summed E-state index contributed by atoms with van der Waals surface area (Å²) < 4.78 is 4.41. The molecule has 0 saturated carbocycles. The smallest absolute Gasteiger partial charge is 0.322 e. The Morgan fingerprint density at radius 3 is 2.29 bits per heavy atom. The van der Waals surface area contributed by atoms with Gasteiger partial charge < -0.3 is 9.84 Å². The second-order valence-electron chi connectivity index (χ2n) is 2.79. The summed E-state index contributed by atoms with van der Waals surface area (Å²) in [6, 6.07) is 0. The van der Waals surface area contributed by atoms with E-state index in [2.05, 4.69) is 4.74 Å². The molecule has 0 atom stereocenters. The molecule has 0 rings (SSSR count). The molecule has 0 N–H and O–H groups in total. The van der Waals surface area contributed by atoms with Crippen molar-refractivity contribution in [2.75, 3.05) is 6.61 Å². The maximum atomic E-state index is 11.0. The largest absolute Gasteiger partial charge is 0.868 e. The molecule has 5 heteroatoms. The first-order valence-electron chi connectivity index (χ1n) is 4.08. The number of ether oxygens (including phenoxy) is 1. The molecule has 0 bridgehead atoms. The minimum absolute atomic E-state index is 0. The summed E-state index contributed by atoms with van der Waals surface area (Å²) in [5.74, 6) is -2.51. The van der Waals surface area contributed by atoms with Gasteiger partial charge in [0.05, 0.1) is 6.61 Å². The number of hydrogen-bond acceptors (Lipinski definition) is 4. The van der Waals surface area contributed by atoms with Crippen molar-refractivity contribution in [3.05, 3.63) is 11.8 Å². The first kappa shape index (κ1) is 16.1. The van der Waals surface area contributed by atoms with Gasteiger partial charge in [0.1, 0.15) is 0 Å². The number of allylic oxidation sites excluding steroid dienone is 1. The molecule has 0 saturated heterocycles. The van der Waals surface area contributed by atoms with Crippen molar-refractivity contribution in [2.45, 2.75) is 20.8 Å². The van der Waals surface area contributed by atoms with Crippen molar-refractivity contribution in [1.82, 2.24) is 0 Å². The standard InChI is InChI=1S/C9H14O4.Na/c1-4-13-9(12)8(11)5-7(10)6(2)3;/h5-6,11H,4H2,1-3H3;/p-1/b8-5-;. The first-order chi connectivity index (χ1) is 5.99. The molecule has 4 nitrogen and oxygen atoms in total. The molecule has 0 unspecified atom stereocenters. The number of rotatable bonds is 4. The summed E-state index contributed by atoms with van der Waals surface area (Å²) in [7, 11) is 0. The monoisotopic (exact) mass is 208 g/mol. The number of esters is 1. The van der Waals surface area contributed by atoms with E-state index in [-0.39, 0.29) is 47.9 Å². The van der Waals surface area contributed by atoms with Crippen LogP contribution in [-0.2, 0) is 14.3 Å². The summed E-state index contributed by atoms with van der Waals surface area (Å²) in [5, 5.41) is 10.9. The number of carbonyl (C=O) groups is 2. The van der Waals surface area contributed by atoms with Gasteiger partial charge in [-0.3, -0.25) is 4.79 Å². The minimum Gasteiger partial charge on any atom is -0.868 e. The van der Waals surface area contributed by atoms with Crippen LogP contribution >= 0.6 is 0 Å². The van der Waals surface area contributed by atoms with Crippen LogP contribution in [0.25, 0.3) is 0 Å². The van der Waals surface area contributed by atoms with Gasteiger partial charge in [0.15, 0.2) is 5.78 Å². The average Bonchev–Trinajstić information content (AvgIpc) is 2.04. The van der Waals surface area contributed by atoms with Crippen LogP contribution in [0.5, 0.6) is 0 Å². The summed E-state index contributed by atoms with van der Waals surface area (Å²) in [6.07, 6.45) is 0.780. The molecular formula is C9H13NaO4-. The maximum absolute atomic E-state index is 11.0. The number of ketones is 1. The molecule has 1 radical (unpaired) electrons. The molecule has 0 amide bonds. The Hall–Kier alpha value is -0.320. The summed E-state index contributed by atoms with van der Waals surface area (Å²) in [5.41, 5.74) is 0. The number of carbonyl (C=O) groups excluding carboxylic acids is 2. The van der Waals surface area contributed by atoms with Gasteiger partial charge in [-0.25, -0.2) is 4.79 Å². The van der Waals surface area contributed by atoms with E-state index in [4.69, 9.17) is 0 Å². The molecule has 75 valence electrons. The first-order valence-corrected chi connectivity index (χ1v) is 4.08. The third-order valence-corrected chi connectivity index (χ3v) is 1.32. The fourth-order valence-corrected chi connectivity index (χ4v) is 0.557. The van der Waals surface area contributed by atoms with E-state index in [1.54, 1.807) is 20.8 Å².